The van der Waals surface area contributed by atoms with E-state index in [4.69, 9.17) is 4.74 Å². The number of benzene rings is 1. The molecule has 0 unspecified atom stereocenters. The molecule has 1 aliphatic carbocycles. The van der Waals surface area contributed by atoms with Crippen LogP contribution < -0.4 is 9.61 Å². The van der Waals surface area contributed by atoms with Crippen molar-refractivity contribution in [2.75, 3.05) is 13.7 Å². The molecule has 1 fully saturated rings. The van der Waals surface area contributed by atoms with Gasteiger partial charge in [0.2, 0.25) is 0 Å². The topological polar surface area (TPSA) is 34.5 Å². The molecule has 1 aromatic heterocycles. The smallest absolute Gasteiger partial charge is 0.307 e. The van der Waals surface area contributed by atoms with Crippen molar-refractivity contribution in [2.45, 2.75) is 38.9 Å². The van der Waals surface area contributed by atoms with Gasteiger partial charge in [-0.3, -0.25) is 9.69 Å². The Hall–Kier alpha value is -1.59. The van der Waals surface area contributed by atoms with Gasteiger partial charge in [0.05, 0.1) is 7.11 Å². The van der Waals surface area contributed by atoms with Crippen LogP contribution in [0.3, 0.4) is 0 Å². The lowest BCUT2D eigenvalue weighted by atomic mass is 10.2. The van der Waals surface area contributed by atoms with Crippen LogP contribution in [0.5, 0.6) is 5.75 Å². The molecule has 1 heterocycles. The Balaban J connectivity index is 1.64. The Morgan fingerprint density at radius 1 is 1.32 bits per heavy atom. The maximum Gasteiger partial charge on any atom is 0.307 e. The van der Waals surface area contributed by atoms with Crippen molar-refractivity contribution in [3.63, 3.8) is 0 Å². The third-order valence-corrected chi connectivity index (χ3v) is 5.08. The minimum absolute atomic E-state index is 0.151. The van der Waals surface area contributed by atoms with Crippen molar-refractivity contribution in [3.05, 3.63) is 50.6 Å². The number of aryl methyl sites for hydroxylation is 1. The number of thiazole rings is 1. The van der Waals surface area contributed by atoms with Gasteiger partial charge in [0.25, 0.3) is 0 Å². The summed E-state index contributed by atoms with van der Waals surface area (Å²) in [6, 6.07) is 8.94. The summed E-state index contributed by atoms with van der Waals surface area (Å²) in [4.78, 5) is 14.5. The van der Waals surface area contributed by atoms with Crippen LogP contribution in [0.15, 0.2) is 34.4 Å². The van der Waals surface area contributed by atoms with E-state index in [9.17, 15) is 4.79 Å². The highest BCUT2D eigenvalue weighted by atomic mass is 32.1. The van der Waals surface area contributed by atoms with Crippen molar-refractivity contribution in [1.82, 2.24) is 9.47 Å². The average molecular weight is 318 g/mol. The molecule has 3 rings (SSSR count). The van der Waals surface area contributed by atoms with Gasteiger partial charge in [-0.15, -0.1) is 0 Å². The van der Waals surface area contributed by atoms with E-state index in [1.54, 1.807) is 7.11 Å². The predicted molar refractivity (Wildman–Crippen MR) is 89.7 cm³/mol. The van der Waals surface area contributed by atoms with Crippen LogP contribution in [0.2, 0.25) is 0 Å². The second kappa shape index (κ2) is 6.67. The van der Waals surface area contributed by atoms with Crippen molar-refractivity contribution >= 4 is 11.3 Å². The number of ether oxygens (including phenoxy) is 1. The van der Waals surface area contributed by atoms with Crippen LogP contribution in [-0.2, 0) is 13.1 Å². The zero-order valence-corrected chi connectivity index (χ0v) is 13.9. The van der Waals surface area contributed by atoms with Crippen molar-refractivity contribution in [1.29, 1.82) is 0 Å². The summed E-state index contributed by atoms with van der Waals surface area (Å²) in [6.07, 6.45) is 2.54. The summed E-state index contributed by atoms with van der Waals surface area (Å²) in [7, 11) is 1.69. The number of rotatable bonds is 7. The first-order chi connectivity index (χ1) is 10.7. The van der Waals surface area contributed by atoms with Gasteiger partial charge in [0.15, 0.2) is 0 Å². The number of aromatic nitrogens is 1. The Morgan fingerprint density at radius 2 is 2.05 bits per heavy atom. The van der Waals surface area contributed by atoms with Crippen molar-refractivity contribution in [3.8, 4) is 5.75 Å². The van der Waals surface area contributed by atoms with Gasteiger partial charge in [0, 0.05) is 36.8 Å². The van der Waals surface area contributed by atoms with Gasteiger partial charge in [-0.2, -0.15) is 0 Å². The maximum atomic E-state index is 11.8. The van der Waals surface area contributed by atoms with Gasteiger partial charge < -0.3 is 9.30 Å². The van der Waals surface area contributed by atoms with E-state index < -0.39 is 0 Å². The quantitative estimate of drug-likeness (QED) is 0.787. The Bertz CT molecular complexity index is 671. The van der Waals surface area contributed by atoms with Crippen molar-refractivity contribution in [2.24, 2.45) is 0 Å². The molecule has 0 saturated heterocycles. The number of nitrogens with zero attached hydrogens (tertiary/aromatic N) is 2. The minimum atomic E-state index is 0.151. The van der Waals surface area contributed by atoms with Gasteiger partial charge in [-0.05, 0) is 37.5 Å². The average Bonchev–Trinajstić information content (AvgIpc) is 3.32. The molecule has 0 radical (unpaired) electrons. The highest BCUT2D eigenvalue weighted by Gasteiger charge is 2.28. The third-order valence-electron chi connectivity index (χ3n) is 4.20. The summed E-state index contributed by atoms with van der Waals surface area (Å²) in [5, 5.41) is 1.94. The molecule has 1 saturated carbocycles. The molecule has 4 nitrogen and oxygen atoms in total. The maximum absolute atomic E-state index is 11.8. The SMILES string of the molecule is COc1ccc(CN(CCn2c(C)csc2=O)C2CC2)cc1. The lowest BCUT2D eigenvalue weighted by Gasteiger charge is -2.22. The largest absolute Gasteiger partial charge is 0.497 e. The standard InChI is InChI=1S/C17H22N2O2S/c1-13-12-22-17(20)19(13)10-9-18(15-5-6-15)11-14-3-7-16(21-2)8-4-14/h3-4,7-8,12,15H,5-6,9-11H2,1-2H3. The van der Waals surface area contributed by atoms with E-state index in [2.05, 4.69) is 17.0 Å². The molecule has 0 N–H and O–H groups in total. The van der Waals surface area contributed by atoms with Gasteiger partial charge in [0.1, 0.15) is 5.75 Å². The fourth-order valence-electron chi connectivity index (χ4n) is 2.70. The summed E-state index contributed by atoms with van der Waals surface area (Å²) < 4.78 is 7.09. The van der Waals surface area contributed by atoms with E-state index in [0.29, 0.717) is 6.04 Å². The predicted octanol–water partition coefficient (Wildman–Crippen LogP) is 2.89. The molecule has 5 heteroatoms. The summed E-state index contributed by atoms with van der Waals surface area (Å²) in [5.74, 6) is 0.891. The van der Waals surface area contributed by atoms with Gasteiger partial charge in [-0.25, -0.2) is 0 Å². The van der Waals surface area contributed by atoms with E-state index in [0.717, 1.165) is 31.1 Å². The van der Waals surface area contributed by atoms with Gasteiger partial charge in [-0.1, -0.05) is 23.5 Å². The van der Waals surface area contributed by atoms with Crippen LogP contribution in [0.1, 0.15) is 24.1 Å². The van der Waals surface area contributed by atoms with Crippen LogP contribution in [0.25, 0.3) is 0 Å². The molecular weight excluding hydrogens is 296 g/mol. The first kappa shape index (κ1) is 15.3. The first-order valence-corrected chi connectivity index (χ1v) is 8.57. The number of hydrogen-bond acceptors (Lipinski definition) is 4. The highest BCUT2D eigenvalue weighted by molar-refractivity contribution is 7.07. The van der Waals surface area contributed by atoms with E-state index in [1.807, 2.05) is 29.0 Å². The second-order valence-electron chi connectivity index (χ2n) is 5.84. The molecule has 1 aromatic carbocycles. The van der Waals surface area contributed by atoms with E-state index >= 15 is 0 Å². The van der Waals surface area contributed by atoms with E-state index in [-0.39, 0.29) is 4.87 Å². The lowest BCUT2D eigenvalue weighted by Crippen LogP contribution is -2.31. The Kier molecular flexibility index (Phi) is 4.64. The van der Waals surface area contributed by atoms with Crippen molar-refractivity contribution < 1.29 is 4.74 Å². The molecule has 1 aliphatic rings. The molecular formula is C17H22N2O2S. The normalized spacial score (nSPS) is 14.5. The molecule has 0 bridgehead atoms. The zero-order chi connectivity index (χ0) is 15.5. The molecule has 0 atom stereocenters. The minimum Gasteiger partial charge on any atom is -0.497 e. The molecule has 22 heavy (non-hydrogen) atoms. The summed E-state index contributed by atoms with van der Waals surface area (Å²) in [6.45, 7) is 4.64. The Morgan fingerprint density at radius 3 is 2.59 bits per heavy atom. The molecule has 2 aromatic rings. The van der Waals surface area contributed by atoms with Crippen LogP contribution in [0.4, 0.5) is 0 Å². The lowest BCUT2D eigenvalue weighted by molar-refractivity contribution is 0.243. The molecule has 118 valence electrons. The monoisotopic (exact) mass is 318 g/mol. The summed E-state index contributed by atoms with van der Waals surface area (Å²) in [5.41, 5.74) is 2.36. The molecule has 0 aliphatic heterocycles. The molecule has 0 spiro atoms. The van der Waals surface area contributed by atoms with E-state index in [1.165, 1.54) is 29.7 Å². The Labute approximate surface area is 135 Å². The number of methoxy groups -OCH3 is 1. The fraction of sp³-hybridized carbons (Fsp3) is 0.471. The first-order valence-electron chi connectivity index (χ1n) is 7.69. The third kappa shape index (κ3) is 3.59. The second-order valence-corrected chi connectivity index (χ2v) is 6.66. The van der Waals surface area contributed by atoms with Crippen LogP contribution in [0, 0.1) is 6.92 Å². The number of hydrogen-bond donors (Lipinski definition) is 0. The zero-order valence-electron chi connectivity index (χ0n) is 13.1. The highest BCUT2D eigenvalue weighted by Crippen LogP contribution is 2.28. The molecule has 0 amide bonds. The summed E-state index contributed by atoms with van der Waals surface area (Å²) >= 11 is 1.29. The van der Waals surface area contributed by atoms with Crippen LogP contribution in [-0.4, -0.2) is 29.2 Å². The van der Waals surface area contributed by atoms with Crippen LogP contribution >= 0.6 is 11.3 Å². The fourth-order valence-corrected chi connectivity index (χ4v) is 3.46. The van der Waals surface area contributed by atoms with Gasteiger partial charge >= 0.3 is 4.87 Å².